The van der Waals surface area contributed by atoms with Gasteiger partial charge in [0.15, 0.2) is 0 Å². The number of rotatable bonds is 4. The molecule has 0 aromatic carbocycles. The van der Waals surface area contributed by atoms with E-state index in [-0.39, 0.29) is 24.4 Å². The predicted molar refractivity (Wildman–Crippen MR) is 73.4 cm³/mol. The number of carbonyl (C=O) groups is 1. The lowest BCUT2D eigenvalue weighted by Gasteiger charge is -2.36. The minimum atomic E-state index is 0. The van der Waals surface area contributed by atoms with Crippen LogP contribution in [-0.4, -0.2) is 54.0 Å². The Hall–Kier alpha value is -0.320. The van der Waals surface area contributed by atoms with Gasteiger partial charge in [-0.05, 0) is 33.6 Å². The first-order chi connectivity index (χ1) is 7.60. The molecule has 5 heteroatoms. The van der Waals surface area contributed by atoms with Gasteiger partial charge in [-0.25, -0.2) is 0 Å². The molecule has 102 valence electrons. The van der Waals surface area contributed by atoms with Crippen molar-refractivity contribution >= 4 is 18.3 Å². The van der Waals surface area contributed by atoms with Crippen molar-refractivity contribution in [1.82, 2.24) is 9.80 Å². The van der Waals surface area contributed by atoms with Crippen LogP contribution in [0.1, 0.15) is 33.6 Å². The first-order valence-corrected chi connectivity index (χ1v) is 6.38. The van der Waals surface area contributed by atoms with Gasteiger partial charge in [-0.2, -0.15) is 0 Å². The lowest BCUT2D eigenvalue weighted by Crippen LogP contribution is -2.51. The average Bonchev–Trinajstić information content (AvgIpc) is 2.30. The third-order valence-electron chi connectivity index (χ3n) is 3.55. The van der Waals surface area contributed by atoms with Gasteiger partial charge in [0, 0.05) is 32.2 Å². The molecule has 1 rings (SSSR count). The van der Waals surface area contributed by atoms with E-state index < -0.39 is 0 Å². The lowest BCUT2D eigenvalue weighted by molar-refractivity contribution is -0.136. The zero-order valence-corrected chi connectivity index (χ0v) is 12.0. The molecule has 1 heterocycles. The zero-order chi connectivity index (χ0) is 12.1. The van der Waals surface area contributed by atoms with Crippen LogP contribution in [0.15, 0.2) is 0 Å². The van der Waals surface area contributed by atoms with Crippen LogP contribution in [0.3, 0.4) is 0 Å². The van der Waals surface area contributed by atoms with Crippen molar-refractivity contribution in [1.29, 1.82) is 0 Å². The van der Waals surface area contributed by atoms with E-state index in [1.54, 1.807) is 0 Å². The molecule has 0 aliphatic carbocycles. The van der Waals surface area contributed by atoms with Gasteiger partial charge in [-0.3, -0.25) is 9.69 Å². The third-order valence-corrected chi connectivity index (χ3v) is 3.55. The van der Waals surface area contributed by atoms with Crippen LogP contribution in [0.25, 0.3) is 0 Å². The number of halogens is 1. The van der Waals surface area contributed by atoms with Crippen LogP contribution >= 0.6 is 12.4 Å². The van der Waals surface area contributed by atoms with Crippen LogP contribution in [0.4, 0.5) is 0 Å². The molecule has 0 radical (unpaired) electrons. The minimum absolute atomic E-state index is 0. The summed E-state index contributed by atoms with van der Waals surface area (Å²) in [5.41, 5.74) is 5.86. The molecule has 1 aliphatic rings. The van der Waals surface area contributed by atoms with Gasteiger partial charge in [0.05, 0.1) is 6.04 Å². The van der Waals surface area contributed by atoms with Crippen molar-refractivity contribution in [3.05, 3.63) is 0 Å². The fourth-order valence-electron chi connectivity index (χ4n) is 2.26. The summed E-state index contributed by atoms with van der Waals surface area (Å²) in [4.78, 5) is 16.3. The highest BCUT2D eigenvalue weighted by Gasteiger charge is 2.27. The molecule has 1 amide bonds. The largest absolute Gasteiger partial charge is 0.342 e. The summed E-state index contributed by atoms with van der Waals surface area (Å²) in [6.07, 6.45) is 2.02. The molecule has 0 saturated carbocycles. The number of likely N-dealkylation sites (N-methyl/N-ethyl adjacent to an activating group) is 1. The summed E-state index contributed by atoms with van der Waals surface area (Å²) in [5.74, 6) is 0.250. The van der Waals surface area contributed by atoms with Crippen LogP contribution in [-0.2, 0) is 4.79 Å². The fraction of sp³-hybridized carbons (Fsp3) is 0.917. The Morgan fingerprint density at radius 1 is 1.35 bits per heavy atom. The number of amides is 1. The number of nitrogens with two attached hydrogens (primary N) is 1. The topological polar surface area (TPSA) is 49.6 Å². The molecular formula is C12H26ClN3O. The maximum absolute atomic E-state index is 12.1. The summed E-state index contributed by atoms with van der Waals surface area (Å²) in [5, 5.41) is 0. The molecule has 0 aromatic heterocycles. The number of likely N-dealkylation sites (tertiary alicyclic amines) is 1. The van der Waals surface area contributed by atoms with E-state index >= 15 is 0 Å². The normalized spacial score (nSPS) is 19.5. The van der Waals surface area contributed by atoms with Crippen LogP contribution in [0, 0.1) is 0 Å². The second kappa shape index (κ2) is 7.90. The monoisotopic (exact) mass is 263 g/mol. The van der Waals surface area contributed by atoms with Gasteiger partial charge in [-0.1, -0.05) is 0 Å². The van der Waals surface area contributed by atoms with E-state index in [1.807, 2.05) is 25.7 Å². The van der Waals surface area contributed by atoms with Crippen molar-refractivity contribution < 1.29 is 4.79 Å². The number of carbonyl (C=O) groups excluding carboxylic acids is 1. The molecule has 1 aliphatic heterocycles. The highest BCUT2D eigenvalue weighted by molar-refractivity contribution is 5.85. The van der Waals surface area contributed by atoms with Gasteiger partial charge in [0.2, 0.25) is 5.91 Å². The van der Waals surface area contributed by atoms with Crippen molar-refractivity contribution in [3.8, 4) is 0 Å². The standard InChI is InChI=1S/C12H25N3O.ClH/c1-4-14(5-2)12(16)10(3)15-8-6-11(13)7-9-15;/h10-11H,4-9,13H2,1-3H3;1H. The molecule has 2 N–H and O–H groups in total. The quantitative estimate of drug-likeness (QED) is 0.826. The summed E-state index contributed by atoms with van der Waals surface area (Å²) in [6.45, 7) is 9.57. The van der Waals surface area contributed by atoms with Crippen molar-refractivity contribution in [3.63, 3.8) is 0 Å². The van der Waals surface area contributed by atoms with Gasteiger partial charge >= 0.3 is 0 Å². The first kappa shape index (κ1) is 16.7. The Kier molecular flexibility index (Phi) is 7.75. The van der Waals surface area contributed by atoms with Gasteiger partial charge in [-0.15, -0.1) is 12.4 Å². The SMILES string of the molecule is CCN(CC)C(=O)C(C)N1CCC(N)CC1.Cl. The number of nitrogens with zero attached hydrogens (tertiary/aromatic N) is 2. The molecular weight excluding hydrogens is 238 g/mol. The van der Waals surface area contributed by atoms with Crippen molar-refractivity contribution in [2.45, 2.75) is 45.7 Å². The Labute approximate surface area is 111 Å². The van der Waals surface area contributed by atoms with Gasteiger partial charge < -0.3 is 10.6 Å². The van der Waals surface area contributed by atoms with E-state index in [4.69, 9.17) is 5.73 Å². The molecule has 4 nitrogen and oxygen atoms in total. The summed E-state index contributed by atoms with van der Waals surface area (Å²) < 4.78 is 0. The van der Waals surface area contributed by atoms with E-state index in [1.165, 1.54) is 0 Å². The Morgan fingerprint density at radius 3 is 2.24 bits per heavy atom. The van der Waals surface area contributed by atoms with Crippen LogP contribution < -0.4 is 5.73 Å². The van der Waals surface area contributed by atoms with E-state index in [9.17, 15) is 4.79 Å². The maximum Gasteiger partial charge on any atom is 0.239 e. The van der Waals surface area contributed by atoms with Crippen molar-refractivity contribution in [2.75, 3.05) is 26.2 Å². The maximum atomic E-state index is 12.1. The third kappa shape index (κ3) is 4.45. The smallest absolute Gasteiger partial charge is 0.239 e. The number of piperidine rings is 1. The number of hydrogen-bond acceptors (Lipinski definition) is 3. The highest BCUT2D eigenvalue weighted by Crippen LogP contribution is 2.13. The molecule has 0 bridgehead atoms. The second-order valence-electron chi connectivity index (χ2n) is 4.56. The van der Waals surface area contributed by atoms with Crippen LogP contribution in [0.5, 0.6) is 0 Å². The second-order valence-corrected chi connectivity index (χ2v) is 4.56. The summed E-state index contributed by atoms with van der Waals surface area (Å²) in [7, 11) is 0. The Morgan fingerprint density at radius 2 is 1.82 bits per heavy atom. The minimum Gasteiger partial charge on any atom is -0.342 e. The predicted octanol–water partition coefficient (Wildman–Crippen LogP) is 1.09. The molecule has 17 heavy (non-hydrogen) atoms. The Bertz CT molecular complexity index is 226. The van der Waals surface area contributed by atoms with Crippen LogP contribution in [0.2, 0.25) is 0 Å². The summed E-state index contributed by atoms with van der Waals surface area (Å²) >= 11 is 0. The lowest BCUT2D eigenvalue weighted by atomic mass is 10.0. The fourth-order valence-corrected chi connectivity index (χ4v) is 2.26. The number of hydrogen-bond donors (Lipinski definition) is 1. The molecule has 1 fully saturated rings. The Balaban J connectivity index is 0.00000256. The molecule has 0 spiro atoms. The highest BCUT2D eigenvalue weighted by atomic mass is 35.5. The molecule has 1 atom stereocenters. The summed E-state index contributed by atoms with van der Waals surface area (Å²) in [6, 6.07) is 0.333. The zero-order valence-electron chi connectivity index (χ0n) is 11.2. The van der Waals surface area contributed by atoms with Gasteiger partial charge in [0.1, 0.15) is 0 Å². The van der Waals surface area contributed by atoms with E-state index in [0.29, 0.717) is 6.04 Å². The first-order valence-electron chi connectivity index (χ1n) is 6.38. The molecule has 1 saturated heterocycles. The van der Waals surface area contributed by atoms with E-state index in [2.05, 4.69) is 4.90 Å². The average molecular weight is 264 g/mol. The molecule has 1 unspecified atom stereocenters. The van der Waals surface area contributed by atoms with E-state index in [0.717, 1.165) is 39.0 Å². The van der Waals surface area contributed by atoms with Gasteiger partial charge in [0.25, 0.3) is 0 Å². The molecule has 0 aromatic rings. The van der Waals surface area contributed by atoms with Crippen molar-refractivity contribution in [2.24, 2.45) is 5.73 Å².